The number of rotatable bonds is 6. The SMILES string of the molecule is COCC1(C(=O)Nc2ccc(OC3CCC3)c(F)c2)CCNCC1.Cl. The second-order valence-electron chi connectivity index (χ2n) is 6.73. The van der Waals surface area contributed by atoms with Crippen LogP contribution >= 0.6 is 12.4 Å². The summed E-state index contributed by atoms with van der Waals surface area (Å²) in [6.45, 7) is 1.92. The average Bonchev–Trinajstić information content (AvgIpc) is 2.53. The molecule has 2 aliphatic rings. The van der Waals surface area contributed by atoms with Gasteiger partial charge in [-0.2, -0.15) is 0 Å². The Kier molecular flexibility index (Phi) is 7.04. The van der Waals surface area contributed by atoms with Gasteiger partial charge in [-0.3, -0.25) is 4.79 Å². The average molecular weight is 373 g/mol. The molecule has 0 atom stereocenters. The fraction of sp³-hybridized carbons (Fsp3) is 0.611. The van der Waals surface area contributed by atoms with Gasteiger partial charge in [-0.25, -0.2) is 4.39 Å². The van der Waals surface area contributed by atoms with Gasteiger partial charge in [-0.15, -0.1) is 12.4 Å². The van der Waals surface area contributed by atoms with Crippen LogP contribution in [0.2, 0.25) is 0 Å². The van der Waals surface area contributed by atoms with Gasteiger partial charge in [-0.1, -0.05) is 0 Å². The monoisotopic (exact) mass is 372 g/mol. The van der Waals surface area contributed by atoms with E-state index in [9.17, 15) is 9.18 Å². The van der Waals surface area contributed by atoms with Crippen molar-refractivity contribution < 1.29 is 18.7 Å². The molecule has 1 saturated heterocycles. The van der Waals surface area contributed by atoms with E-state index in [1.165, 1.54) is 6.07 Å². The van der Waals surface area contributed by atoms with E-state index in [4.69, 9.17) is 9.47 Å². The van der Waals surface area contributed by atoms with E-state index in [2.05, 4.69) is 10.6 Å². The lowest BCUT2D eigenvalue weighted by Gasteiger charge is -2.35. The molecule has 1 amide bonds. The van der Waals surface area contributed by atoms with Crippen molar-refractivity contribution in [3.8, 4) is 5.75 Å². The predicted molar refractivity (Wildman–Crippen MR) is 97.0 cm³/mol. The zero-order valence-corrected chi connectivity index (χ0v) is 15.3. The van der Waals surface area contributed by atoms with Crippen molar-refractivity contribution >= 4 is 24.0 Å². The Labute approximate surface area is 154 Å². The molecule has 7 heteroatoms. The second-order valence-corrected chi connectivity index (χ2v) is 6.73. The van der Waals surface area contributed by atoms with Crippen molar-refractivity contribution in [3.05, 3.63) is 24.0 Å². The fourth-order valence-electron chi connectivity index (χ4n) is 3.22. The van der Waals surface area contributed by atoms with Crippen LogP contribution in [-0.2, 0) is 9.53 Å². The van der Waals surface area contributed by atoms with Crippen molar-refractivity contribution in [3.63, 3.8) is 0 Å². The molecule has 0 bridgehead atoms. The molecule has 1 aromatic carbocycles. The van der Waals surface area contributed by atoms with Gasteiger partial charge in [0.2, 0.25) is 5.91 Å². The first-order chi connectivity index (χ1) is 11.6. The van der Waals surface area contributed by atoms with Gasteiger partial charge in [0.15, 0.2) is 11.6 Å². The number of carbonyl (C=O) groups is 1. The summed E-state index contributed by atoms with van der Waals surface area (Å²) in [4.78, 5) is 12.7. The van der Waals surface area contributed by atoms with Crippen molar-refractivity contribution in [2.24, 2.45) is 5.41 Å². The minimum atomic E-state index is -0.558. The van der Waals surface area contributed by atoms with Crippen LogP contribution in [0, 0.1) is 11.2 Å². The minimum Gasteiger partial charge on any atom is -0.487 e. The summed E-state index contributed by atoms with van der Waals surface area (Å²) in [7, 11) is 1.60. The molecule has 25 heavy (non-hydrogen) atoms. The van der Waals surface area contributed by atoms with Crippen LogP contribution < -0.4 is 15.4 Å². The number of amides is 1. The largest absolute Gasteiger partial charge is 0.487 e. The Morgan fingerprint density at radius 3 is 2.64 bits per heavy atom. The first-order valence-corrected chi connectivity index (χ1v) is 8.60. The van der Waals surface area contributed by atoms with Crippen LogP contribution in [0.4, 0.5) is 10.1 Å². The van der Waals surface area contributed by atoms with Crippen molar-refractivity contribution in [1.82, 2.24) is 5.32 Å². The Hall–Kier alpha value is -1.37. The van der Waals surface area contributed by atoms with E-state index < -0.39 is 11.2 Å². The molecule has 3 rings (SSSR count). The molecule has 1 saturated carbocycles. The standard InChI is InChI=1S/C18H25FN2O3.ClH/c1-23-12-18(7-9-20-10-8-18)17(22)21-13-5-6-16(15(19)11-13)24-14-3-2-4-14;/h5-6,11,14,20H,2-4,7-10,12H2,1H3,(H,21,22);1H. The van der Waals surface area contributed by atoms with E-state index >= 15 is 0 Å². The first kappa shape index (κ1) is 19.9. The lowest BCUT2D eigenvalue weighted by molar-refractivity contribution is -0.130. The number of anilines is 1. The molecule has 0 aromatic heterocycles. The smallest absolute Gasteiger partial charge is 0.233 e. The maximum atomic E-state index is 14.2. The van der Waals surface area contributed by atoms with Crippen LogP contribution in [-0.4, -0.2) is 38.8 Å². The van der Waals surface area contributed by atoms with Crippen LogP contribution in [0.5, 0.6) is 5.75 Å². The molecule has 140 valence electrons. The van der Waals surface area contributed by atoms with Gasteiger partial charge in [0.1, 0.15) is 0 Å². The lowest BCUT2D eigenvalue weighted by Crippen LogP contribution is -2.47. The number of halogens is 2. The van der Waals surface area contributed by atoms with Crippen LogP contribution in [0.3, 0.4) is 0 Å². The van der Waals surface area contributed by atoms with E-state index in [1.54, 1.807) is 19.2 Å². The molecule has 0 spiro atoms. The van der Waals surface area contributed by atoms with Crippen LogP contribution in [0.15, 0.2) is 18.2 Å². The molecule has 1 aliphatic heterocycles. The molecule has 0 unspecified atom stereocenters. The molecule has 5 nitrogen and oxygen atoms in total. The third-order valence-electron chi connectivity index (χ3n) is 5.00. The second kappa shape index (κ2) is 8.83. The molecule has 1 aromatic rings. The minimum absolute atomic E-state index is 0. The third kappa shape index (κ3) is 4.63. The zero-order chi connectivity index (χ0) is 17.0. The highest BCUT2D eigenvalue weighted by Gasteiger charge is 2.39. The molecule has 0 radical (unpaired) electrons. The number of hydrogen-bond acceptors (Lipinski definition) is 4. The normalized spacial score (nSPS) is 19.4. The van der Waals surface area contributed by atoms with Crippen LogP contribution in [0.1, 0.15) is 32.1 Å². The zero-order valence-electron chi connectivity index (χ0n) is 14.5. The molecular formula is C18H26ClFN2O3. The van der Waals surface area contributed by atoms with Gasteiger partial charge in [0.05, 0.1) is 18.1 Å². The summed E-state index contributed by atoms with van der Waals surface area (Å²) >= 11 is 0. The number of piperidine rings is 1. The summed E-state index contributed by atoms with van der Waals surface area (Å²) in [6.07, 6.45) is 4.63. The third-order valence-corrected chi connectivity index (χ3v) is 5.00. The molecule has 2 N–H and O–H groups in total. The Balaban J connectivity index is 0.00000225. The highest BCUT2D eigenvalue weighted by Crippen LogP contribution is 2.32. The number of benzene rings is 1. The van der Waals surface area contributed by atoms with E-state index in [-0.39, 0.29) is 30.2 Å². The lowest BCUT2D eigenvalue weighted by atomic mass is 9.78. The molecule has 1 aliphatic carbocycles. The first-order valence-electron chi connectivity index (χ1n) is 8.60. The van der Waals surface area contributed by atoms with Crippen molar-refractivity contribution in [1.29, 1.82) is 0 Å². The Morgan fingerprint density at radius 2 is 2.08 bits per heavy atom. The maximum Gasteiger partial charge on any atom is 0.233 e. The summed E-state index contributed by atoms with van der Waals surface area (Å²) in [6, 6.07) is 4.61. The van der Waals surface area contributed by atoms with Gasteiger partial charge < -0.3 is 20.1 Å². The topological polar surface area (TPSA) is 59.6 Å². The number of methoxy groups -OCH3 is 1. The Bertz CT molecular complexity index is 584. The summed E-state index contributed by atoms with van der Waals surface area (Å²) in [5.74, 6) is -0.296. The quantitative estimate of drug-likeness (QED) is 0.805. The highest BCUT2D eigenvalue weighted by molar-refractivity contribution is 5.95. The fourth-order valence-corrected chi connectivity index (χ4v) is 3.22. The van der Waals surface area contributed by atoms with E-state index in [0.29, 0.717) is 25.1 Å². The maximum absolute atomic E-state index is 14.2. The predicted octanol–water partition coefficient (Wildman–Crippen LogP) is 3.13. The number of nitrogens with one attached hydrogen (secondary N) is 2. The van der Waals surface area contributed by atoms with Crippen molar-refractivity contribution in [2.45, 2.75) is 38.2 Å². The molecule has 1 heterocycles. The number of hydrogen-bond donors (Lipinski definition) is 2. The molecule has 2 fully saturated rings. The summed E-state index contributed by atoms with van der Waals surface area (Å²) in [5, 5.41) is 6.09. The van der Waals surface area contributed by atoms with Crippen LogP contribution in [0.25, 0.3) is 0 Å². The summed E-state index contributed by atoms with van der Waals surface area (Å²) < 4.78 is 25.1. The van der Waals surface area contributed by atoms with Crippen molar-refractivity contribution in [2.75, 3.05) is 32.1 Å². The van der Waals surface area contributed by atoms with E-state index in [1.807, 2.05) is 0 Å². The highest BCUT2D eigenvalue weighted by atomic mass is 35.5. The number of carbonyl (C=O) groups excluding carboxylic acids is 1. The van der Waals surface area contributed by atoms with Gasteiger partial charge in [0, 0.05) is 18.9 Å². The van der Waals surface area contributed by atoms with Gasteiger partial charge in [0.25, 0.3) is 0 Å². The summed E-state index contributed by atoms with van der Waals surface area (Å²) in [5.41, 5.74) is -0.107. The number of ether oxygens (including phenoxy) is 2. The van der Waals surface area contributed by atoms with E-state index in [0.717, 1.165) is 32.4 Å². The Morgan fingerprint density at radius 1 is 1.36 bits per heavy atom. The molecular weight excluding hydrogens is 347 g/mol. The van der Waals surface area contributed by atoms with Gasteiger partial charge in [-0.05, 0) is 57.3 Å². The van der Waals surface area contributed by atoms with Gasteiger partial charge >= 0.3 is 0 Å².